The molecule has 0 saturated carbocycles. The molecule has 5 aliphatic rings. The third-order valence-corrected chi connectivity index (χ3v) is 16.6. The minimum atomic E-state index is -1.05. The quantitative estimate of drug-likeness (QED) is 0.0750. The maximum Gasteiger partial charge on any atom is 0.339 e. The highest BCUT2D eigenvalue weighted by atomic mass is 16.5. The Morgan fingerprint density at radius 3 is 1.69 bits per heavy atom. The van der Waals surface area contributed by atoms with Gasteiger partial charge in [0.1, 0.15) is 51.3 Å². The molecule has 72 heavy (non-hydrogen) atoms. The Morgan fingerprint density at radius 1 is 0.639 bits per heavy atom. The number of carboxylic acids is 1. The number of carbonyl (C=O) groups is 1. The van der Waals surface area contributed by atoms with E-state index < -0.39 is 5.97 Å². The molecule has 0 amide bonds. The summed E-state index contributed by atoms with van der Waals surface area (Å²) in [5, 5.41) is 52.5. The van der Waals surface area contributed by atoms with E-state index in [1.54, 1.807) is 0 Å². The summed E-state index contributed by atoms with van der Waals surface area (Å²) in [6, 6.07) is 9.67. The number of fused-ring (bicyclic) bond motifs is 6. The van der Waals surface area contributed by atoms with Crippen LogP contribution in [0.15, 0.2) is 77.4 Å². The number of phenols is 4. The van der Waals surface area contributed by atoms with E-state index >= 15 is 0 Å². The SMILES string of the molecule is C=C(C)C1CCC(C)=CC1c1c(O)cc(CCCCC)cc1O.CCCCCc1cc(O)c2c(c1)OC(C)(C)[C@@H]1CCC(C)=C[C@@H]21.CCCCCc1cc2c(c(O)c1C(=O)O)[C@@H]1CC(C)=CC[C@H]1C(C)(C)O2. The number of ether oxygens (including phenoxy) is 2. The monoisotopic (exact) mass is 987 g/mol. The number of hydrogen-bond donors (Lipinski definition) is 5. The minimum absolute atomic E-state index is 0.0194. The topological polar surface area (TPSA) is 137 Å². The molecule has 3 aromatic carbocycles. The summed E-state index contributed by atoms with van der Waals surface area (Å²) in [5.74, 6) is 2.65. The lowest BCUT2D eigenvalue weighted by Crippen LogP contribution is -2.45. The van der Waals surface area contributed by atoms with E-state index in [-0.39, 0.29) is 63.6 Å². The van der Waals surface area contributed by atoms with Crippen LogP contribution in [0.3, 0.4) is 0 Å². The number of benzene rings is 3. The van der Waals surface area contributed by atoms with Crippen molar-refractivity contribution >= 4 is 5.97 Å². The number of aromatic carboxylic acids is 1. The molecule has 2 aliphatic heterocycles. The van der Waals surface area contributed by atoms with Crippen molar-refractivity contribution in [3.05, 3.63) is 116 Å². The summed E-state index contributed by atoms with van der Waals surface area (Å²) in [6.07, 6.45) is 25.5. The molecular weight excluding hydrogens is 897 g/mol. The summed E-state index contributed by atoms with van der Waals surface area (Å²) < 4.78 is 12.7. The molecule has 8 rings (SSSR count). The van der Waals surface area contributed by atoms with Crippen LogP contribution in [0.2, 0.25) is 0 Å². The van der Waals surface area contributed by atoms with Gasteiger partial charge >= 0.3 is 5.97 Å². The summed E-state index contributed by atoms with van der Waals surface area (Å²) >= 11 is 0. The van der Waals surface area contributed by atoms with Crippen LogP contribution in [0.25, 0.3) is 0 Å². The van der Waals surface area contributed by atoms with Gasteiger partial charge in [-0.15, -0.1) is 0 Å². The zero-order chi connectivity index (χ0) is 52.7. The summed E-state index contributed by atoms with van der Waals surface area (Å²) in [5.41, 5.74) is 9.95. The van der Waals surface area contributed by atoms with Gasteiger partial charge in [-0.3, -0.25) is 0 Å². The summed E-state index contributed by atoms with van der Waals surface area (Å²) in [6.45, 7) is 27.7. The van der Waals surface area contributed by atoms with Crippen LogP contribution in [0.4, 0.5) is 0 Å². The lowest BCUT2D eigenvalue weighted by atomic mass is 9.66. The molecular formula is C64H90O8. The summed E-state index contributed by atoms with van der Waals surface area (Å²) in [4.78, 5) is 11.9. The van der Waals surface area contributed by atoms with Crippen LogP contribution < -0.4 is 9.47 Å². The van der Waals surface area contributed by atoms with Gasteiger partial charge < -0.3 is 35.0 Å². The molecule has 0 spiro atoms. The van der Waals surface area contributed by atoms with Crippen LogP contribution in [-0.4, -0.2) is 42.7 Å². The zero-order valence-electron chi connectivity index (χ0n) is 46.0. The molecule has 0 fully saturated rings. The van der Waals surface area contributed by atoms with E-state index in [1.165, 1.54) is 54.4 Å². The number of carboxylic acid groups (broad SMARTS) is 1. The summed E-state index contributed by atoms with van der Waals surface area (Å²) in [7, 11) is 0. The normalized spacial score (nSPS) is 23.2. The lowest BCUT2D eigenvalue weighted by Gasteiger charge is -2.47. The van der Waals surface area contributed by atoms with Crippen molar-refractivity contribution in [3.8, 4) is 34.5 Å². The number of hydrogen-bond acceptors (Lipinski definition) is 7. The standard InChI is InChI=1S/C22H30O4.2C21H30O2/c1-5-6-7-8-14-12-17-19(20(23)18(14)21(24)25)15-11-13(2)9-10-16(15)22(3,4)26-17;1-5-6-7-8-15-12-18(22)20-16-11-14(2)9-10-17(16)21(3,4)23-19(20)13-15;1-5-6-7-8-16-12-19(22)21(20(23)13-16)18-11-15(4)9-10-17(18)14(2)3/h9,12,15-16,23H,5-8,10-11H2,1-4H3,(H,24,25);11-13,16-17,22H,5-10H2,1-4H3;11-13,17-18,22-23H,2,5-10H2,1,3-4H3/t15-,16-;16-,17-;/m11./s1. The molecule has 0 aromatic heterocycles. The van der Waals surface area contributed by atoms with Crippen molar-refractivity contribution < 1.29 is 39.8 Å². The first kappa shape index (κ1) is 56.2. The Hall–Kier alpha value is -5.11. The number of aromatic hydroxyl groups is 4. The molecule has 5 N–H and O–H groups in total. The van der Waals surface area contributed by atoms with Crippen LogP contribution >= 0.6 is 0 Å². The first-order chi connectivity index (χ1) is 34.1. The van der Waals surface area contributed by atoms with Gasteiger partial charge in [0.2, 0.25) is 0 Å². The maximum atomic E-state index is 11.9. The van der Waals surface area contributed by atoms with E-state index in [9.17, 15) is 30.3 Å². The van der Waals surface area contributed by atoms with Crippen LogP contribution in [-0.2, 0) is 19.3 Å². The third-order valence-electron chi connectivity index (χ3n) is 16.6. The smallest absolute Gasteiger partial charge is 0.339 e. The van der Waals surface area contributed by atoms with Crippen molar-refractivity contribution in [2.24, 2.45) is 17.8 Å². The van der Waals surface area contributed by atoms with E-state index in [0.29, 0.717) is 40.5 Å². The Labute approximate surface area is 433 Å². The second-order valence-corrected chi connectivity index (χ2v) is 23.3. The van der Waals surface area contributed by atoms with Crippen molar-refractivity contribution in [1.82, 2.24) is 0 Å². The van der Waals surface area contributed by atoms with Crippen LogP contribution in [0.5, 0.6) is 34.5 Å². The zero-order valence-corrected chi connectivity index (χ0v) is 46.0. The third kappa shape index (κ3) is 13.0. The van der Waals surface area contributed by atoms with Gasteiger partial charge in [0.05, 0.1) is 0 Å². The number of phenolic OH excluding ortho intramolecular Hbond substituents is 3. The molecule has 8 nitrogen and oxygen atoms in total. The van der Waals surface area contributed by atoms with Crippen molar-refractivity contribution in [2.75, 3.05) is 0 Å². The van der Waals surface area contributed by atoms with Gasteiger partial charge in [0, 0.05) is 46.3 Å². The molecule has 6 atom stereocenters. The molecule has 0 radical (unpaired) electrons. The molecule has 2 heterocycles. The molecule has 3 aromatic rings. The highest BCUT2D eigenvalue weighted by molar-refractivity contribution is 5.94. The van der Waals surface area contributed by atoms with Gasteiger partial charge in [-0.1, -0.05) is 106 Å². The Balaban J connectivity index is 0.000000177. The maximum absolute atomic E-state index is 11.9. The highest BCUT2D eigenvalue weighted by Crippen LogP contribution is 2.56. The molecule has 0 bridgehead atoms. The minimum Gasteiger partial charge on any atom is -0.507 e. The number of aryl methyl sites for hydroxylation is 3. The average molecular weight is 987 g/mol. The van der Waals surface area contributed by atoms with Gasteiger partial charge in [-0.05, 0) is 185 Å². The van der Waals surface area contributed by atoms with E-state index in [2.05, 4.69) is 100 Å². The van der Waals surface area contributed by atoms with E-state index in [1.807, 2.05) is 31.2 Å². The largest absolute Gasteiger partial charge is 0.507 e. The van der Waals surface area contributed by atoms with Gasteiger partial charge in [0.15, 0.2) is 0 Å². The highest BCUT2D eigenvalue weighted by Gasteiger charge is 2.47. The van der Waals surface area contributed by atoms with Gasteiger partial charge in [-0.25, -0.2) is 4.79 Å². The Bertz CT molecular complexity index is 2480. The predicted octanol–water partition coefficient (Wildman–Crippen LogP) is 17.0. The van der Waals surface area contributed by atoms with Gasteiger partial charge in [0.25, 0.3) is 0 Å². The predicted molar refractivity (Wildman–Crippen MR) is 295 cm³/mol. The fourth-order valence-electron chi connectivity index (χ4n) is 12.6. The van der Waals surface area contributed by atoms with Crippen molar-refractivity contribution in [1.29, 1.82) is 0 Å². The van der Waals surface area contributed by atoms with E-state index in [4.69, 9.17) is 9.47 Å². The number of allylic oxidation sites excluding steroid dienone is 7. The molecule has 0 saturated heterocycles. The van der Waals surface area contributed by atoms with Crippen LogP contribution in [0.1, 0.15) is 234 Å². The molecule has 3 aliphatic carbocycles. The second-order valence-electron chi connectivity index (χ2n) is 23.3. The molecule has 8 heteroatoms. The first-order valence-electron chi connectivity index (χ1n) is 27.7. The Kier molecular flexibility index (Phi) is 19.0. The van der Waals surface area contributed by atoms with Crippen LogP contribution in [0, 0.1) is 17.8 Å². The van der Waals surface area contributed by atoms with Crippen molar-refractivity contribution in [2.45, 2.75) is 221 Å². The molecule has 2 unspecified atom stereocenters. The fourth-order valence-corrected chi connectivity index (χ4v) is 12.6. The first-order valence-corrected chi connectivity index (χ1v) is 27.7. The van der Waals surface area contributed by atoms with Crippen molar-refractivity contribution in [3.63, 3.8) is 0 Å². The molecule has 394 valence electrons. The van der Waals surface area contributed by atoms with Gasteiger partial charge in [-0.2, -0.15) is 0 Å². The number of rotatable bonds is 15. The fraction of sp³-hybridized carbons (Fsp3) is 0.578. The second kappa shape index (κ2) is 24.3. The van der Waals surface area contributed by atoms with E-state index in [0.717, 1.165) is 99.5 Å². The number of unbranched alkanes of at least 4 members (excludes halogenated alkanes) is 6. The average Bonchev–Trinajstić information content (AvgIpc) is 3.28. The lowest BCUT2D eigenvalue weighted by molar-refractivity contribution is 0.00739. The Morgan fingerprint density at radius 2 is 1.14 bits per heavy atom.